The second-order valence-corrected chi connectivity index (χ2v) is 9.44. The van der Waals surface area contributed by atoms with Crippen molar-refractivity contribution in [2.75, 3.05) is 6.67 Å². The predicted octanol–water partition coefficient (Wildman–Crippen LogP) is 2.55. The van der Waals surface area contributed by atoms with E-state index < -0.39 is 19.8 Å². The minimum atomic E-state index is -3.07. The van der Waals surface area contributed by atoms with Gasteiger partial charge in [-0.25, -0.2) is 0 Å². The monoisotopic (exact) mass is 345 g/mol. The van der Waals surface area contributed by atoms with Crippen LogP contribution in [0.1, 0.15) is 6.42 Å². The maximum absolute atomic E-state index is 15.5. The number of pyridine rings is 3. The first kappa shape index (κ1) is 16.6. The first-order chi connectivity index (χ1) is 11.8. The quantitative estimate of drug-likeness (QED) is 0.645. The third-order valence-electron chi connectivity index (χ3n) is 4.24. The molecular formula is C18H18F2N3P. The zero-order valence-corrected chi connectivity index (χ0v) is 14.0. The van der Waals surface area contributed by atoms with Crippen molar-refractivity contribution in [3.63, 3.8) is 0 Å². The second-order valence-electron chi connectivity index (χ2n) is 5.46. The van der Waals surface area contributed by atoms with Crippen molar-refractivity contribution in [3.8, 4) is 0 Å². The fourth-order valence-electron chi connectivity index (χ4n) is 3.20. The molecule has 1 unspecified atom stereocenters. The maximum atomic E-state index is 15.5. The molecule has 0 bridgehead atoms. The summed E-state index contributed by atoms with van der Waals surface area (Å²) in [5.74, 6) is -1.31. The molecule has 0 amide bonds. The zero-order valence-electron chi connectivity index (χ0n) is 13.0. The van der Waals surface area contributed by atoms with Crippen LogP contribution in [-0.4, -0.2) is 27.5 Å². The molecule has 0 N–H and O–H groups in total. The summed E-state index contributed by atoms with van der Waals surface area (Å²) in [6.07, 6.45) is 9.79. The Kier molecular flexibility index (Phi) is 5.21. The number of alkyl halides is 2. The third-order valence-corrected chi connectivity index (χ3v) is 9.20. The van der Waals surface area contributed by atoms with Gasteiger partial charge in [0.1, 0.15) is 0 Å². The average molecular weight is 345 g/mol. The minimum absolute atomic E-state index is 0.140. The molecule has 124 valence electrons. The Morgan fingerprint density at radius 3 is 1.33 bits per heavy atom. The van der Waals surface area contributed by atoms with Gasteiger partial charge < -0.3 is 0 Å². The summed E-state index contributed by atoms with van der Waals surface area (Å²) in [4.78, 5) is 12.2. The first-order valence-electron chi connectivity index (χ1n) is 7.71. The Balaban J connectivity index is 2.33. The molecule has 24 heavy (non-hydrogen) atoms. The average Bonchev–Trinajstić information content (AvgIpc) is 2.65. The molecule has 0 fully saturated rings. The molecule has 3 rings (SSSR count). The predicted molar refractivity (Wildman–Crippen MR) is 95.4 cm³/mol. The van der Waals surface area contributed by atoms with Crippen molar-refractivity contribution in [2.45, 2.75) is 12.3 Å². The second kappa shape index (κ2) is 7.54. The van der Waals surface area contributed by atoms with Crippen molar-refractivity contribution in [2.24, 2.45) is 0 Å². The van der Waals surface area contributed by atoms with Crippen molar-refractivity contribution in [3.05, 3.63) is 73.6 Å². The molecule has 0 spiro atoms. The van der Waals surface area contributed by atoms with Crippen LogP contribution in [0, 0.1) is 0 Å². The van der Waals surface area contributed by atoms with Crippen molar-refractivity contribution in [1.82, 2.24) is 15.0 Å². The molecular weight excluding hydrogens is 327 g/mol. The molecule has 1 atom stereocenters. The number of hydrogen-bond donors (Lipinski definition) is 0. The normalized spacial score (nSPS) is 13.4. The topological polar surface area (TPSA) is 38.7 Å². The third kappa shape index (κ3) is 2.92. The number of hydrogen-bond acceptors (Lipinski definition) is 3. The van der Waals surface area contributed by atoms with Gasteiger partial charge in [0.25, 0.3) is 0 Å². The Morgan fingerprint density at radius 2 is 1.04 bits per heavy atom. The summed E-state index contributed by atoms with van der Waals surface area (Å²) >= 11 is 0. The van der Waals surface area contributed by atoms with Gasteiger partial charge >= 0.3 is 139 Å². The van der Waals surface area contributed by atoms with E-state index in [0.29, 0.717) is 0 Å². The van der Waals surface area contributed by atoms with Crippen LogP contribution in [0.25, 0.3) is 0 Å². The summed E-state index contributed by atoms with van der Waals surface area (Å²) in [6.45, 7) is -0.697. The molecule has 3 nitrogen and oxygen atoms in total. The van der Waals surface area contributed by atoms with Gasteiger partial charge in [-0.1, -0.05) is 0 Å². The first-order valence-corrected chi connectivity index (χ1v) is 9.79. The van der Waals surface area contributed by atoms with Crippen LogP contribution in [0.5, 0.6) is 0 Å². The van der Waals surface area contributed by atoms with E-state index in [2.05, 4.69) is 15.0 Å². The molecule has 0 saturated heterocycles. The van der Waals surface area contributed by atoms with Crippen LogP contribution in [0.3, 0.4) is 0 Å². The number of nitrogens with zero attached hydrogens (tertiary/aromatic N) is 3. The zero-order chi connectivity index (χ0) is 16.8. The van der Waals surface area contributed by atoms with Crippen LogP contribution in [0.4, 0.5) is 8.78 Å². The Morgan fingerprint density at radius 1 is 0.708 bits per heavy atom. The van der Waals surface area contributed by atoms with Gasteiger partial charge in [0, 0.05) is 0 Å². The van der Waals surface area contributed by atoms with Gasteiger partial charge in [-0.15, -0.1) is 0 Å². The van der Waals surface area contributed by atoms with Gasteiger partial charge in [0.2, 0.25) is 0 Å². The van der Waals surface area contributed by atoms with Crippen LogP contribution in [-0.2, 0) is 0 Å². The number of halogens is 2. The summed E-state index contributed by atoms with van der Waals surface area (Å²) in [6, 6.07) is 11.0. The van der Waals surface area contributed by atoms with Crippen LogP contribution < -0.4 is 15.9 Å². The molecule has 0 aliphatic heterocycles. The van der Waals surface area contributed by atoms with E-state index in [1.165, 1.54) is 0 Å². The Labute approximate surface area is 140 Å². The summed E-state index contributed by atoms with van der Waals surface area (Å²) in [5.41, 5.74) is 0. The molecule has 0 aliphatic carbocycles. The molecule has 3 heterocycles. The molecule has 0 saturated carbocycles. The van der Waals surface area contributed by atoms with Gasteiger partial charge in [-0.2, -0.15) is 0 Å². The number of rotatable bonds is 6. The van der Waals surface area contributed by atoms with E-state index in [1.807, 2.05) is 36.4 Å². The van der Waals surface area contributed by atoms with Gasteiger partial charge in [0.15, 0.2) is 0 Å². The summed E-state index contributed by atoms with van der Waals surface area (Å²) in [5, 5.41) is 2.57. The fraction of sp³-hybridized carbons (Fsp3) is 0.167. The Hall–Kier alpha value is -2.26. The molecule has 3 aromatic rings. The van der Waals surface area contributed by atoms with E-state index in [1.54, 1.807) is 37.2 Å². The molecule has 3 aromatic heterocycles. The van der Waals surface area contributed by atoms with Crippen LogP contribution >= 0.6 is 7.26 Å². The summed E-state index contributed by atoms with van der Waals surface area (Å²) in [7, 11) is -3.07. The van der Waals surface area contributed by atoms with Crippen LogP contribution in [0.15, 0.2) is 73.6 Å². The molecule has 0 radical (unpaired) electrons. The van der Waals surface area contributed by atoms with Gasteiger partial charge in [-0.05, 0) is 0 Å². The van der Waals surface area contributed by atoms with Crippen molar-refractivity contribution >= 4 is 23.2 Å². The van der Waals surface area contributed by atoms with Crippen LogP contribution in [0.2, 0.25) is 0 Å². The number of aromatic nitrogens is 3. The molecule has 0 aromatic carbocycles. The van der Waals surface area contributed by atoms with E-state index in [-0.39, 0.29) is 6.42 Å². The fourth-order valence-corrected chi connectivity index (χ4v) is 7.85. The molecule has 0 aliphatic rings. The van der Waals surface area contributed by atoms with Crippen molar-refractivity contribution in [1.29, 1.82) is 0 Å². The van der Waals surface area contributed by atoms with E-state index >= 15 is 4.39 Å². The Bertz CT molecular complexity index is 660. The molecule has 6 heteroatoms. The van der Waals surface area contributed by atoms with E-state index in [9.17, 15) is 4.39 Å². The van der Waals surface area contributed by atoms with Gasteiger partial charge in [0.05, 0.1) is 0 Å². The van der Waals surface area contributed by atoms with E-state index in [0.717, 1.165) is 15.9 Å². The summed E-state index contributed by atoms with van der Waals surface area (Å²) < 4.78 is 28.6. The SMILES string of the molecule is FCCC(F)[PH](c1ccncc1)(c1ccncc1)c1ccncc1. The standard InChI is InChI=1S/C18H18F2N3P/c19-8-1-18(20)24(15-2-9-21-10-3-15,16-4-11-22-12-5-16)17-6-13-23-14-7-17/h2-7,9-14,18,24H,1,8H2. The van der Waals surface area contributed by atoms with Crippen molar-refractivity contribution < 1.29 is 8.78 Å². The van der Waals surface area contributed by atoms with E-state index in [4.69, 9.17) is 0 Å². The van der Waals surface area contributed by atoms with Gasteiger partial charge in [-0.3, -0.25) is 0 Å².